The summed E-state index contributed by atoms with van der Waals surface area (Å²) >= 11 is 0. The van der Waals surface area contributed by atoms with Crippen LogP contribution in [0.3, 0.4) is 0 Å². The third-order valence-electron chi connectivity index (χ3n) is 3.70. The van der Waals surface area contributed by atoms with Crippen LogP contribution in [0.25, 0.3) is 0 Å². The summed E-state index contributed by atoms with van der Waals surface area (Å²) in [5, 5.41) is 2.80. The normalized spacial score (nSPS) is 10.7. The van der Waals surface area contributed by atoms with Crippen LogP contribution in [0.2, 0.25) is 0 Å². The Morgan fingerprint density at radius 3 is 2.55 bits per heavy atom. The summed E-state index contributed by atoms with van der Waals surface area (Å²) in [6, 6.07) is 6.21. The second-order valence-corrected chi connectivity index (χ2v) is 5.27. The predicted molar refractivity (Wildman–Crippen MR) is 82.3 cm³/mol. The summed E-state index contributed by atoms with van der Waals surface area (Å²) in [6.45, 7) is 4.53. The molecule has 0 spiro atoms. The molecular formula is C16H20FN3O2. The van der Waals surface area contributed by atoms with E-state index >= 15 is 0 Å². The van der Waals surface area contributed by atoms with E-state index in [-0.39, 0.29) is 23.8 Å². The first kappa shape index (κ1) is 16.0. The van der Waals surface area contributed by atoms with Crippen LogP contribution >= 0.6 is 0 Å². The molecule has 0 aliphatic carbocycles. The highest BCUT2D eigenvalue weighted by Crippen LogP contribution is 2.03. The molecule has 0 saturated carbocycles. The Morgan fingerprint density at radius 1 is 1.27 bits per heavy atom. The van der Waals surface area contributed by atoms with Crippen molar-refractivity contribution in [1.82, 2.24) is 14.9 Å². The van der Waals surface area contributed by atoms with Crippen LogP contribution < -0.4 is 11.0 Å². The summed E-state index contributed by atoms with van der Waals surface area (Å²) in [7, 11) is 0. The van der Waals surface area contributed by atoms with E-state index in [1.165, 1.54) is 12.1 Å². The smallest absolute Gasteiger partial charge is 0.325 e. The second-order valence-electron chi connectivity index (χ2n) is 5.27. The summed E-state index contributed by atoms with van der Waals surface area (Å²) < 4.78 is 14.3. The van der Waals surface area contributed by atoms with Crippen LogP contribution in [0, 0.1) is 19.7 Å². The van der Waals surface area contributed by atoms with Crippen molar-refractivity contribution in [2.45, 2.75) is 33.2 Å². The summed E-state index contributed by atoms with van der Waals surface area (Å²) in [6.07, 6.45) is 0.899. The van der Waals surface area contributed by atoms with Crippen LogP contribution in [0.5, 0.6) is 0 Å². The number of H-pyrrole nitrogens is 1. The first-order chi connectivity index (χ1) is 10.5. The second kappa shape index (κ2) is 7.06. The van der Waals surface area contributed by atoms with Gasteiger partial charge >= 0.3 is 5.69 Å². The maximum absolute atomic E-state index is 12.8. The number of rotatable bonds is 6. The van der Waals surface area contributed by atoms with Crippen LogP contribution in [0.15, 0.2) is 29.1 Å². The lowest BCUT2D eigenvalue weighted by Crippen LogP contribution is -2.28. The number of carbonyl (C=O) groups excluding carboxylic acids is 1. The molecule has 2 rings (SSSR count). The highest BCUT2D eigenvalue weighted by atomic mass is 19.1. The van der Waals surface area contributed by atoms with E-state index in [0.717, 1.165) is 17.0 Å². The first-order valence-electron chi connectivity index (χ1n) is 7.24. The Balaban J connectivity index is 1.76. The quantitative estimate of drug-likeness (QED) is 0.852. The molecule has 1 aromatic carbocycles. The van der Waals surface area contributed by atoms with E-state index in [4.69, 9.17) is 0 Å². The lowest BCUT2D eigenvalue weighted by molar-refractivity contribution is -0.121. The highest BCUT2D eigenvalue weighted by Gasteiger charge is 2.08. The molecule has 5 nitrogen and oxygen atoms in total. The van der Waals surface area contributed by atoms with Gasteiger partial charge in [-0.3, -0.25) is 9.36 Å². The minimum Gasteiger partial charge on any atom is -0.356 e. The van der Waals surface area contributed by atoms with Gasteiger partial charge < -0.3 is 10.3 Å². The molecule has 0 unspecified atom stereocenters. The van der Waals surface area contributed by atoms with Crippen molar-refractivity contribution in [1.29, 1.82) is 0 Å². The van der Waals surface area contributed by atoms with Crippen LogP contribution in [-0.2, 0) is 17.8 Å². The number of halogens is 1. The molecule has 0 bridgehead atoms. The maximum Gasteiger partial charge on any atom is 0.325 e. The van der Waals surface area contributed by atoms with E-state index in [1.54, 1.807) is 16.7 Å². The van der Waals surface area contributed by atoms with E-state index in [2.05, 4.69) is 10.3 Å². The predicted octanol–water partition coefficient (Wildman–Crippen LogP) is 1.68. The van der Waals surface area contributed by atoms with Crippen molar-refractivity contribution in [2.75, 3.05) is 6.54 Å². The van der Waals surface area contributed by atoms with Crippen LogP contribution in [0.4, 0.5) is 4.39 Å². The van der Waals surface area contributed by atoms with Gasteiger partial charge in [-0.05, 0) is 38.0 Å². The van der Waals surface area contributed by atoms with E-state index in [1.807, 2.05) is 13.8 Å². The third kappa shape index (κ3) is 4.07. The molecule has 1 heterocycles. The Bertz CT molecular complexity index is 701. The van der Waals surface area contributed by atoms with Crippen molar-refractivity contribution < 1.29 is 9.18 Å². The minimum absolute atomic E-state index is 0.104. The monoisotopic (exact) mass is 305 g/mol. The SMILES string of the molecule is Cc1[nH]c(=O)n(CCC(=O)NCCc2ccc(F)cc2)c1C. The molecule has 0 aliphatic heterocycles. The fourth-order valence-corrected chi connectivity index (χ4v) is 2.24. The molecule has 0 fully saturated rings. The average Bonchev–Trinajstić information content (AvgIpc) is 2.72. The lowest BCUT2D eigenvalue weighted by atomic mass is 10.1. The van der Waals surface area contributed by atoms with Crippen LogP contribution in [0.1, 0.15) is 23.4 Å². The number of nitrogens with zero attached hydrogens (tertiary/aromatic N) is 1. The maximum atomic E-state index is 12.8. The van der Waals surface area contributed by atoms with Crippen molar-refractivity contribution in [3.05, 3.63) is 57.5 Å². The van der Waals surface area contributed by atoms with Gasteiger partial charge in [0.1, 0.15) is 5.82 Å². The van der Waals surface area contributed by atoms with Gasteiger partial charge in [-0.15, -0.1) is 0 Å². The number of carbonyl (C=O) groups is 1. The summed E-state index contributed by atoms with van der Waals surface area (Å²) in [5.74, 6) is -0.373. The molecular weight excluding hydrogens is 285 g/mol. The Labute approximate surface area is 128 Å². The molecule has 2 N–H and O–H groups in total. The zero-order chi connectivity index (χ0) is 16.1. The van der Waals surface area contributed by atoms with E-state index in [0.29, 0.717) is 19.5 Å². The number of aryl methyl sites for hydroxylation is 1. The van der Waals surface area contributed by atoms with Gasteiger partial charge in [0.15, 0.2) is 0 Å². The molecule has 0 radical (unpaired) electrons. The number of hydrogen-bond acceptors (Lipinski definition) is 2. The highest BCUT2D eigenvalue weighted by molar-refractivity contribution is 5.75. The zero-order valence-electron chi connectivity index (χ0n) is 12.8. The summed E-state index contributed by atoms with van der Waals surface area (Å²) in [5.41, 5.74) is 2.45. The molecule has 1 amide bonds. The topological polar surface area (TPSA) is 66.9 Å². The standard InChI is InChI=1S/C16H20FN3O2/c1-11-12(2)20(16(22)19-11)10-8-15(21)18-9-7-13-3-5-14(17)6-4-13/h3-6H,7-10H2,1-2H3,(H,18,21)(H,19,22). The Kier molecular flexibility index (Phi) is 5.14. The number of hydrogen-bond donors (Lipinski definition) is 2. The zero-order valence-corrected chi connectivity index (χ0v) is 12.8. The fraction of sp³-hybridized carbons (Fsp3) is 0.375. The van der Waals surface area contributed by atoms with Crippen molar-refractivity contribution in [3.63, 3.8) is 0 Å². The number of nitrogens with one attached hydrogen (secondary N) is 2. The summed E-state index contributed by atoms with van der Waals surface area (Å²) in [4.78, 5) is 26.2. The Hall–Kier alpha value is -2.37. The molecule has 0 saturated heterocycles. The number of aromatic amines is 1. The first-order valence-corrected chi connectivity index (χ1v) is 7.24. The van der Waals surface area contributed by atoms with E-state index < -0.39 is 0 Å². The van der Waals surface area contributed by atoms with Crippen LogP contribution in [-0.4, -0.2) is 22.0 Å². The third-order valence-corrected chi connectivity index (χ3v) is 3.70. The molecule has 2 aromatic rings. The molecule has 0 aliphatic rings. The van der Waals surface area contributed by atoms with Gasteiger partial charge in [0.25, 0.3) is 0 Å². The van der Waals surface area contributed by atoms with Gasteiger partial charge in [-0.2, -0.15) is 0 Å². The Morgan fingerprint density at radius 2 is 1.95 bits per heavy atom. The minimum atomic E-state index is -0.268. The number of amides is 1. The van der Waals surface area contributed by atoms with Gasteiger partial charge in [-0.1, -0.05) is 12.1 Å². The van der Waals surface area contributed by atoms with E-state index in [9.17, 15) is 14.0 Å². The largest absolute Gasteiger partial charge is 0.356 e. The lowest BCUT2D eigenvalue weighted by Gasteiger charge is -2.07. The van der Waals surface area contributed by atoms with Gasteiger partial charge in [-0.25, -0.2) is 9.18 Å². The molecule has 1 aromatic heterocycles. The van der Waals surface area contributed by atoms with Crippen molar-refractivity contribution in [3.8, 4) is 0 Å². The van der Waals surface area contributed by atoms with Gasteiger partial charge in [0.2, 0.25) is 5.91 Å². The number of benzene rings is 1. The molecule has 22 heavy (non-hydrogen) atoms. The fourth-order valence-electron chi connectivity index (χ4n) is 2.24. The van der Waals surface area contributed by atoms with Crippen molar-refractivity contribution >= 4 is 5.91 Å². The molecule has 6 heteroatoms. The molecule has 0 atom stereocenters. The number of imidazole rings is 1. The van der Waals surface area contributed by atoms with Gasteiger partial charge in [0, 0.05) is 30.9 Å². The van der Waals surface area contributed by atoms with Gasteiger partial charge in [0.05, 0.1) is 0 Å². The average molecular weight is 305 g/mol. The number of aromatic nitrogens is 2. The molecule has 118 valence electrons. The van der Waals surface area contributed by atoms with Crippen molar-refractivity contribution in [2.24, 2.45) is 0 Å².